The average Bonchev–Trinajstić information content (AvgIpc) is 3.46. The fourth-order valence-corrected chi connectivity index (χ4v) is 3.43. The Bertz CT molecular complexity index is 1040. The molecule has 1 heterocycles. The number of carbonyl (C=O) groups excluding carboxylic acids is 1. The van der Waals surface area contributed by atoms with Crippen LogP contribution in [0.25, 0.3) is 10.9 Å². The van der Waals surface area contributed by atoms with Gasteiger partial charge < -0.3 is 5.11 Å². The smallest absolute Gasteiger partial charge is 0.335 e. The summed E-state index contributed by atoms with van der Waals surface area (Å²) in [5.74, 6) is -1.01. The van der Waals surface area contributed by atoms with E-state index in [9.17, 15) is 14.7 Å². The van der Waals surface area contributed by atoms with Crippen molar-refractivity contribution >= 4 is 34.4 Å². The third-order valence-corrected chi connectivity index (χ3v) is 4.90. The summed E-state index contributed by atoms with van der Waals surface area (Å²) >= 11 is 6.33. The van der Waals surface area contributed by atoms with Crippen LogP contribution >= 0.6 is 11.6 Å². The van der Waals surface area contributed by atoms with Gasteiger partial charge in [0.1, 0.15) is 0 Å². The maximum Gasteiger partial charge on any atom is 0.335 e. The molecule has 2 aromatic carbocycles. The van der Waals surface area contributed by atoms with Gasteiger partial charge >= 0.3 is 5.97 Å². The summed E-state index contributed by atoms with van der Waals surface area (Å²) in [5.41, 5.74) is 2.65. The topological polar surface area (TPSA) is 72.2 Å². The number of aryl methyl sites for hydroxylation is 1. The molecule has 5 nitrogen and oxygen atoms in total. The molecule has 1 saturated carbocycles. The predicted molar refractivity (Wildman–Crippen MR) is 106 cm³/mol. The summed E-state index contributed by atoms with van der Waals surface area (Å²) < 4.78 is 1.27. The molecule has 1 aliphatic rings. The summed E-state index contributed by atoms with van der Waals surface area (Å²) in [7, 11) is 0. The fourth-order valence-electron chi connectivity index (χ4n) is 3.17. The van der Waals surface area contributed by atoms with Gasteiger partial charge in [-0.25, -0.2) is 4.79 Å². The first kappa shape index (κ1) is 19.1. The van der Waals surface area contributed by atoms with Crippen molar-refractivity contribution in [1.82, 2.24) is 9.78 Å². The number of hydrogen-bond acceptors (Lipinski definition) is 3. The number of halogens is 1. The van der Waals surface area contributed by atoms with Gasteiger partial charge in [-0.05, 0) is 49.4 Å². The van der Waals surface area contributed by atoms with Crippen molar-refractivity contribution in [2.75, 3.05) is 0 Å². The Morgan fingerprint density at radius 2 is 1.89 bits per heavy atom. The number of fused-ring (bicyclic) bond motifs is 1. The lowest BCUT2D eigenvalue weighted by molar-refractivity contribution is 0.0696. The second-order valence-corrected chi connectivity index (χ2v) is 6.72. The van der Waals surface area contributed by atoms with Gasteiger partial charge in [-0.3, -0.25) is 4.79 Å². The van der Waals surface area contributed by atoms with E-state index in [4.69, 9.17) is 11.6 Å². The second-order valence-electron chi connectivity index (χ2n) is 6.32. The van der Waals surface area contributed by atoms with Crippen molar-refractivity contribution in [2.24, 2.45) is 0 Å². The largest absolute Gasteiger partial charge is 0.478 e. The lowest BCUT2D eigenvalue weighted by Crippen LogP contribution is -2.16. The first-order valence-corrected chi connectivity index (χ1v) is 9.41. The highest BCUT2D eigenvalue weighted by Crippen LogP contribution is 2.43. The number of rotatable bonds is 3. The number of carbonyl (C=O) groups is 2. The van der Waals surface area contributed by atoms with Crippen LogP contribution in [0.3, 0.4) is 0 Å². The molecule has 0 spiro atoms. The Morgan fingerprint density at radius 1 is 1.19 bits per heavy atom. The lowest BCUT2D eigenvalue weighted by atomic mass is 10.0. The average molecular weight is 385 g/mol. The monoisotopic (exact) mass is 384 g/mol. The molecule has 0 aliphatic heterocycles. The maximum atomic E-state index is 13.2. The Labute approximate surface area is 162 Å². The van der Waals surface area contributed by atoms with Gasteiger partial charge in [0.25, 0.3) is 5.91 Å². The molecule has 0 unspecified atom stereocenters. The van der Waals surface area contributed by atoms with Crippen LogP contribution < -0.4 is 0 Å². The van der Waals surface area contributed by atoms with Gasteiger partial charge in [0.05, 0.1) is 27.4 Å². The van der Waals surface area contributed by atoms with E-state index in [1.54, 1.807) is 19.1 Å². The lowest BCUT2D eigenvalue weighted by Gasteiger charge is -2.10. The molecule has 0 amide bonds. The van der Waals surface area contributed by atoms with E-state index in [1.807, 2.05) is 26.0 Å². The molecule has 1 fully saturated rings. The number of carboxylic acids is 1. The molecule has 1 N–H and O–H groups in total. The van der Waals surface area contributed by atoms with E-state index in [-0.39, 0.29) is 11.5 Å². The highest BCUT2D eigenvalue weighted by molar-refractivity contribution is 6.34. The minimum Gasteiger partial charge on any atom is -0.478 e. The summed E-state index contributed by atoms with van der Waals surface area (Å²) in [5, 5.41) is 14.7. The van der Waals surface area contributed by atoms with E-state index in [1.165, 1.54) is 16.8 Å². The Balaban J connectivity index is 0.00000102. The molecule has 0 bridgehead atoms. The zero-order valence-corrected chi connectivity index (χ0v) is 16.2. The highest BCUT2D eigenvalue weighted by Gasteiger charge is 2.30. The predicted octanol–water partition coefficient (Wildman–Crippen LogP) is 5.29. The zero-order valence-electron chi connectivity index (χ0n) is 15.5. The third-order valence-electron chi connectivity index (χ3n) is 4.58. The van der Waals surface area contributed by atoms with Gasteiger partial charge in [0.2, 0.25) is 0 Å². The van der Waals surface area contributed by atoms with Crippen molar-refractivity contribution < 1.29 is 14.7 Å². The van der Waals surface area contributed by atoms with Crippen LogP contribution in [-0.2, 0) is 0 Å². The van der Waals surface area contributed by atoms with Crippen molar-refractivity contribution in [3.63, 3.8) is 0 Å². The summed E-state index contributed by atoms with van der Waals surface area (Å²) in [6.07, 6.45) is 2.09. The SMILES string of the molecule is CC.Cc1nn(C(=O)c2c(Cl)cccc2C2CC2)c2cc(C(=O)O)ccc12. The highest BCUT2D eigenvalue weighted by atomic mass is 35.5. The Kier molecular flexibility index (Phi) is 5.33. The van der Waals surface area contributed by atoms with Gasteiger partial charge in [-0.2, -0.15) is 9.78 Å². The molecule has 0 atom stereocenters. The number of aromatic nitrogens is 2. The molecule has 140 valence electrons. The van der Waals surface area contributed by atoms with E-state index in [0.717, 1.165) is 23.8 Å². The van der Waals surface area contributed by atoms with E-state index in [0.29, 0.717) is 27.7 Å². The maximum absolute atomic E-state index is 13.2. The normalized spacial score (nSPS) is 13.2. The molecule has 27 heavy (non-hydrogen) atoms. The molecule has 0 radical (unpaired) electrons. The van der Waals surface area contributed by atoms with Crippen LogP contribution in [0.1, 0.15) is 64.6 Å². The van der Waals surface area contributed by atoms with Gasteiger partial charge in [0.15, 0.2) is 0 Å². The Hall–Kier alpha value is -2.66. The van der Waals surface area contributed by atoms with Crippen LogP contribution in [-0.4, -0.2) is 26.8 Å². The van der Waals surface area contributed by atoms with E-state index in [2.05, 4.69) is 5.10 Å². The zero-order chi connectivity index (χ0) is 19.7. The quantitative estimate of drug-likeness (QED) is 0.666. The molecular formula is C21H21ClN2O3. The van der Waals surface area contributed by atoms with E-state index < -0.39 is 5.97 Å². The number of carboxylic acid groups (broad SMARTS) is 1. The number of nitrogens with zero attached hydrogens (tertiary/aromatic N) is 2. The number of benzene rings is 2. The van der Waals surface area contributed by atoms with Crippen LogP contribution in [0.2, 0.25) is 5.02 Å². The van der Waals surface area contributed by atoms with E-state index >= 15 is 0 Å². The summed E-state index contributed by atoms with van der Waals surface area (Å²) in [4.78, 5) is 24.5. The van der Waals surface area contributed by atoms with Crippen LogP contribution in [0.4, 0.5) is 0 Å². The minimum atomic E-state index is -1.05. The summed E-state index contributed by atoms with van der Waals surface area (Å²) in [6, 6.07) is 10.1. The Morgan fingerprint density at radius 3 is 2.52 bits per heavy atom. The second kappa shape index (κ2) is 7.53. The molecule has 4 rings (SSSR count). The van der Waals surface area contributed by atoms with Gasteiger partial charge in [-0.1, -0.05) is 43.6 Å². The standard InChI is InChI=1S/C19H15ClN2O3.C2H6/c1-10-13-8-7-12(19(24)25)9-16(13)22(21-10)18(23)17-14(11-5-6-11)3-2-4-15(17)20;1-2/h2-4,7-9,11H,5-6H2,1H3,(H,24,25);1-2H3. The van der Waals surface area contributed by atoms with Gasteiger partial charge in [0, 0.05) is 5.39 Å². The van der Waals surface area contributed by atoms with Gasteiger partial charge in [-0.15, -0.1) is 0 Å². The summed E-state index contributed by atoms with van der Waals surface area (Å²) in [6.45, 7) is 5.79. The third kappa shape index (κ3) is 3.47. The van der Waals surface area contributed by atoms with Crippen LogP contribution in [0.5, 0.6) is 0 Å². The van der Waals surface area contributed by atoms with Crippen molar-refractivity contribution in [2.45, 2.75) is 39.5 Å². The molecule has 0 saturated heterocycles. The fraction of sp³-hybridized carbons (Fsp3) is 0.286. The van der Waals surface area contributed by atoms with Crippen LogP contribution in [0.15, 0.2) is 36.4 Å². The number of hydrogen-bond donors (Lipinski definition) is 1. The first-order valence-electron chi connectivity index (χ1n) is 9.03. The van der Waals surface area contributed by atoms with Crippen molar-refractivity contribution in [3.05, 3.63) is 63.8 Å². The molecular weight excluding hydrogens is 364 g/mol. The van der Waals surface area contributed by atoms with Crippen molar-refractivity contribution in [3.8, 4) is 0 Å². The number of aromatic carboxylic acids is 1. The minimum absolute atomic E-state index is 0.114. The van der Waals surface area contributed by atoms with Crippen molar-refractivity contribution in [1.29, 1.82) is 0 Å². The molecule has 1 aromatic heterocycles. The molecule has 6 heteroatoms. The molecule has 3 aromatic rings. The molecule has 1 aliphatic carbocycles. The first-order chi connectivity index (χ1) is 13.0. The van der Waals surface area contributed by atoms with Crippen LogP contribution in [0, 0.1) is 6.92 Å².